The monoisotopic (exact) mass is 483 g/mol. The number of carbonyl (C=O) groups is 3. The smallest absolute Gasteiger partial charge is 0.266 e. The lowest BCUT2D eigenvalue weighted by molar-refractivity contribution is 0.0784. The Bertz CT molecular complexity index is 1310. The zero-order chi connectivity index (χ0) is 25.2. The standard InChI is InChI=1S/C29H29N3O4/c1-3-36-23-13-11-22(12-14-23)32-28(34)24-15-10-20(18-25(24)29(32)35)27(33)30(2)19-21-8-4-5-9-26(21)31-16-6-7-17-31/h4-5,8-15,18H,3,6-7,16-17,19H2,1-2H3. The van der Waals surface area contributed by atoms with Crippen LogP contribution in [0.15, 0.2) is 66.7 Å². The number of benzene rings is 3. The molecule has 1 fully saturated rings. The number of hydrogen-bond acceptors (Lipinski definition) is 5. The Balaban J connectivity index is 1.35. The van der Waals surface area contributed by atoms with Gasteiger partial charge in [-0.1, -0.05) is 18.2 Å². The van der Waals surface area contributed by atoms with Gasteiger partial charge in [0.05, 0.1) is 23.4 Å². The van der Waals surface area contributed by atoms with Crippen LogP contribution in [0.5, 0.6) is 5.75 Å². The Morgan fingerprint density at radius 1 is 0.917 bits per heavy atom. The van der Waals surface area contributed by atoms with Gasteiger partial charge in [-0.2, -0.15) is 0 Å². The lowest BCUT2D eigenvalue weighted by Crippen LogP contribution is -2.29. The van der Waals surface area contributed by atoms with Crippen LogP contribution in [0, 0.1) is 0 Å². The topological polar surface area (TPSA) is 70.2 Å². The van der Waals surface area contributed by atoms with Crippen LogP contribution in [0.4, 0.5) is 11.4 Å². The number of imide groups is 1. The SMILES string of the molecule is CCOc1ccc(N2C(=O)c3ccc(C(=O)N(C)Cc4ccccc4N4CCCC4)cc3C2=O)cc1. The van der Waals surface area contributed by atoms with E-state index >= 15 is 0 Å². The summed E-state index contributed by atoms with van der Waals surface area (Å²) in [5.74, 6) is -0.365. The molecule has 1 saturated heterocycles. The molecule has 0 aliphatic carbocycles. The molecule has 3 aromatic rings. The Labute approximate surface area is 210 Å². The van der Waals surface area contributed by atoms with Crippen molar-refractivity contribution < 1.29 is 19.1 Å². The Morgan fingerprint density at radius 3 is 2.33 bits per heavy atom. The highest BCUT2D eigenvalue weighted by Gasteiger charge is 2.37. The van der Waals surface area contributed by atoms with E-state index < -0.39 is 11.8 Å². The Hall–Kier alpha value is -4.13. The van der Waals surface area contributed by atoms with Crippen molar-refractivity contribution in [3.05, 3.63) is 89.0 Å². The molecule has 0 N–H and O–H groups in total. The molecule has 3 aromatic carbocycles. The molecule has 7 nitrogen and oxygen atoms in total. The lowest BCUT2D eigenvalue weighted by atomic mass is 10.0. The maximum Gasteiger partial charge on any atom is 0.266 e. The third-order valence-electron chi connectivity index (χ3n) is 6.73. The van der Waals surface area contributed by atoms with Gasteiger partial charge >= 0.3 is 0 Å². The van der Waals surface area contributed by atoms with Crippen molar-refractivity contribution in [1.29, 1.82) is 0 Å². The van der Waals surface area contributed by atoms with Crippen molar-refractivity contribution in [2.75, 3.05) is 36.5 Å². The van der Waals surface area contributed by atoms with Crippen molar-refractivity contribution in [3.63, 3.8) is 0 Å². The van der Waals surface area contributed by atoms with Gasteiger partial charge in [0, 0.05) is 37.9 Å². The van der Waals surface area contributed by atoms with Crippen molar-refractivity contribution in [2.24, 2.45) is 0 Å². The van der Waals surface area contributed by atoms with E-state index in [0.29, 0.717) is 35.7 Å². The van der Waals surface area contributed by atoms with Gasteiger partial charge in [0.15, 0.2) is 0 Å². The third-order valence-corrected chi connectivity index (χ3v) is 6.73. The van der Waals surface area contributed by atoms with Crippen LogP contribution in [0.25, 0.3) is 0 Å². The van der Waals surface area contributed by atoms with Crippen LogP contribution in [0.3, 0.4) is 0 Å². The molecule has 0 atom stereocenters. The van der Waals surface area contributed by atoms with Gasteiger partial charge < -0.3 is 14.5 Å². The fourth-order valence-corrected chi connectivity index (χ4v) is 4.93. The van der Waals surface area contributed by atoms with Gasteiger partial charge in [-0.05, 0) is 73.9 Å². The van der Waals surface area contributed by atoms with Gasteiger partial charge in [-0.3, -0.25) is 14.4 Å². The van der Waals surface area contributed by atoms with E-state index in [0.717, 1.165) is 29.2 Å². The van der Waals surface area contributed by atoms with E-state index in [9.17, 15) is 14.4 Å². The number of fused-ring (bicyclic) bond motifs is 1. The molecule has 0 saturated carbocycles. The molecule has 0 spiro atoms. The molecule has 0 bridgehead atoms. The van der Waals surface area contributed by atoms with E-state index in [2.05, 4.69) is 17.0 Å². The first kappa shape index (κ1) is 23.6. The van der Waals surface area contributed by atoms with Crippen molar-refractivity contribution in [3.8, 4) is 5.75 Å². The molecule has 2 aliphatic heterocycles. The zero-order valence-electron chi connectivity index (χ0n) is 20.6. The summed E-state index contributed by atoms with van der Waals surface area (Å²) in [4.78, 5) is 44.7. The summed E-state index contributed by atoms with van der Waals surface area (Å²) in [5, 5.41) is 0. The van der Waals surface area contributed by atoms with Crippen molar-refractivity contribution in [2.45, 2.75) is 26.3 Å². The first-order valence-electron chi connectivity index (χ1n) is 12.3. The van der Waals surface area contributed by atoms with Crippen LogP contribution >= 0.6 is 0 Å². The quantitative estimate of drug-likeness (QED) is 0.453. The molecule has 7 heteroatoms. The van der Waals surface area contributed by atoms with Crippen molar-refractivity contribution >= 4 is 29.1 Å². The first-order chi connectivity index (χ1) is 17.5. The van der Waals surface area contributed by atoms with Gasteiger partial charge in [0.2, 0.25) is 0 Å². The van der Waals surface area contributed by atoms with E-state index in [1.54, 1.807) is 48.3 Å². The van der Waals surface area contributed by atoms with Crippen LogP contribution in [0.2, 0.25) is 0 Å². The lowest BCUT2D eigenvalue weighted by Gasteiger charge is -2.24. The average Bonchev–Trinajstić information content (AvgIpc) is 3.52. The van der Waals surface area contributed by atoms with Gasteiger partial charge in [0.25, 0.3) is 17.7 Å². The molecule has 2 heterocycles. The highest BCUT2D eigenvalue weighted by atomic mass is 16.5. The Morgan fingerprint density at radius 2 is 1.61 bits per heavy atom. The molecule has 36 heavy (non-hydrogen) atoms. The number of nitrogens with zero attached hydrogens (tertiary/aromatic N) is 3. The molecule has 0 aromatic heterocycles. The molecule has 0 radical (unpaired) electrons. The number of amides is 3. The van der Waals surface area contributed by atoms with Gasteiger partial charge in [-0.25, -0.2) is 4.90 Å². The zero-order valence-corrected chi connectivity index (χ0v) is 20.6. The molecule has 5 rings (SSSR count). The van der Waals surface area contributed by atoms with E-state index in [1.807, 2.05) is 19.1 Å². The highest BCUT2D eigenvalue weighted by molar-refractivity contribution is 6.34. The summed E-state index contributed by atoms with van der Waals surface area (Å²) >= 11 is 0. The number of rotatable bonds is 7. The fourth-order valence-electron chi connectivity index (χ4n) is 4.93. The number of para-hydroxylation sites is 1. The summed E-state index contributed by atoms with van der Waals surface area (Å²) in [6.07, 6.45) is 2.36. The second-order valence-corrected chi connectivity index (χ2v) is 9.12. The molecule has 2 aliphatic rings. The fraction of sp³-hybridized carbons (Fsp3) is 0.276. The maximum atomic E-state index is 13.3. The average molecular weight is 484 g/mol. The number of hydrogen-bond donors (Lipinski definition) is 0. The summed E-state index contributed by atoms with van der Waals surface area (Å²) < 4.78 is 5.45. The number of ether oxygens (including phenoxy) is 1. The third kappa shape index (κ3) is 4.33. The predicted molar refractivity (Wildman–Crippen MR) is 139 cm³/mol. The van der Waals surface area contributed by atoms with Crippen LogP contribution < -0.4 is 14.5 Å². The van der Waals surface area contributed by atoms with Crippen LogP contribution in [-0.4, -0.2) is 49.4 Å². The molecule has 184 valence electrons. The van der Waals surface area contributed by atoms with Crippen molar-refractivity contribution in [1.82, 2.24) is 4.90 Å². The molecular formula is C29H29N3O4. The predicted octanol–water partition coefficient (Wildman–Crippen LogP) is 4.76. The maximum absolute atomic E-state index is 13.3. The van der Waals surface area contributed by atoms with E-state index in [1.165, 1.54) is 18.9 Å². The first-order valence-corrected chi connectivity index (χ1v) is 12.3. The summed E-state index contributed by atoms with van der Waals surface area (Å²) in [6.45, 7) is 4.93. The number of anilines is 2. The number of carbonyl (C=O) groups excluding carboxylic acids is 3. The van der Waals surface area contributed by atoms with Crippen LogP contribution in [-0.2, 0) is 6.54 Å². The second kappa shape index (κ2) is 9.85. The summed E-state index contributed by atoms with van der Waals surface area (Å²) in [6, 6.07) is 19.7. The largest absolute Gasteiger partial charge is 0.494 e. The van der Waals surface area contributed by atoms with Gasteiger partial charge in [-0.15, -0.1) is 0 Å². The summed E-state index contributed by atoms with van der Waals surface area (Å²) in [7, 11) is 1.76. The van der Waals surface area contributed by atoms with E-state index in [-0.39, 0.29) is 11.5 Å². The second-order valence-electron chi connectivity index (χ2n) is 9.12. The van der Waals surface area contributed by atoms with Crippen LogP contribution in [0.1, 0.15) is 56.4 Å². The minimum absolute atomic E-state index is 0.200. The molecular weight excluding hydrogens is 454 g/mol. The van der Waals surface area contributed by atoms with Gasteiger partial charge in [0.1, 0.15) is 5.75 Å². The molecule has 0 unspecified atom stereocenters. The normalized spacial score (nSPS) is 14.8. The van der Waals surface area contributed by atoms with E-state index in [4.69, 9.17) is 4.74 Å². The molecule has 3 amide bonds. The minimum Gasteiger partial charge on any atom is -0.494 e. The highest BCUT2D eigenvalue weighted by Crippen LogP contribution is 2.31. The summed E-state index contributed by atoms with van der Waals surface area (Å²) in [5.41, 5.74) is 3.63. The Kier molecular flexibility index (Phi) is 6.46. The minimum atomic E-state index is -0.434.